The van der Waals surface area contributed by atoms with Crippen LogP contribution in [0.4, 0.5) is 10.1 Å². The predicted molar refractivity (Wildman–Crippen MR) is 65.0 cm³/mol. The molecule has 0 atom stereocenters. The number of amides is 1. The van der Waals surface area contributed by atoms with Gasteiger partial charge in [0.25, 0.3) is 5.91 Å². The summed E-state index contributed by atoms with van der Waals surface area (Å²) in [5.74, 6) is -0.877. The zero-order valence-electron chi connectivity index (χ0n) is 9.64. The average molecular weight is 246 g/mol. The molecule has 1 heterocycles. The Bertz CT molecular complexity index is 582. The van der Waals surface area contributed by atoms with E-state index in [0.717, 1.165) is 11.6 Å². The summed E-state index contributed by atoms with van der Waals surface area (Å²) in [5.41, 5.74) is 1.59. The van der Waals surface area contributed by atoms with Crippen LogP contribution in [0.25, 0.3) is 0 Å². The van der Waals surface area contributed by atoms with Gasteiger partial charge in [0, 0.05) is 11.9 Å². The van der Waals surface area contributed by atoms with Crippen LogP contribution in [0.3, 0.4) is 0 Å². The Hall–Kier alpha value is -2.43. The fourth-order valence-corrected chi connectivity index (χ4v) is 1.49. The van der Waals surface area contributed by atoms with E-state index in [-0.39, 0.29) is 17.2 Å². The molecule has 0 aliphatic heterocycles. The number of hydrogen-bond donors (Lipinski definition) is 2. The van der Waals surface area contributed by atoms with Gasteiger partial charge < -0.3 is 10.4 Å². The lowest BCUT2D eigenvalue weighted by atomic mass is 10.2. The molecule has 2 aromatic rings. The predicted octanol–water partition coefficient (Wildman–Crippen LogP) is 2.49. The lowest BCUT2D eigenvalue weighted by molar-refractivity contribution is 0.102. The lowest BCUT2D eigenvalue weighted by Crippen LogP contribution is -2.13. The number of nitrogens with one attached hydrogen (secondary N) is 1. The first-order chi connectivity index (χ1) is 8.56. The Labute approximate surface area is 103 Å². The number of pyridine rings is 1. The van der Waals surface area contributed by atoms with Gasteiger partial charge in [0.1, 0.15) is 5.75 Å². The monoisotopic (exact) mass is 246 g/mol. The van der Waals surface area contributed by atoms with Crippen LogP contribution in [0, 0.1) is 12.9 Å². The van der Waals surface area contributed by atoms with Gasteiger partial charge in [-0.2, -0.15) is 4.39 Å². The molecule has 0 aliphatic carbocycles. The van der Waals surface area contributed by atoms with Crippen molar-refractivity contribution >= 4 is 11.6 Å². The SMILES string of the molecule is Cc1cc(O)ccc1NC(=O)c1ccc(F)nc1. The van der Waals surface area contributed by atoms with Crippen LogP contribution in [0.2, 0.25) is 0 Å². The third-order valence-electron chi connectivity index (χ3n) is 2.45. The van der Waals surface area contributed by atoms with Crippen LogP contribution in [0.5, 0.6) is 5.75 Å². The maximum absolute atomic E-state index is 12.6. The number of aryl methyl sites for hydroxylation is 1. The van der Waals surface area contributed by atoms with E-state index in [4.69, 9.17) is 0 Å². The maximum Gasteiger partial charge on any atom is 0.257 e. The molecule has 2 rings (SSSR count). The molecule has 1 aromatic carbocycles. The van der Waals surface area contributed by atoms with Gasteiger partial charge in [0.05, 0.1) is 5.56 Å². The molecular formula is C13H11FN2O2. The summed E-state index contributed by atoms with van der Waals surface area (Å²) in [6.07, 6.45) is 1.17. The van der Waals surface area contributed by atoms with Crippen LogP contribution in [0.1, 0.15) is 15.9 Å². The zero-order chi connectivity index (χ0) is 13.1. The van der Waals surface area contributed by atoms with E-state index in [2.05, 4.69) is 10.3 Å². The van der Waals surface area contributed by atoms with Gasteiger partial charge in [0.2, 0.25) is 5.95 Å². The van der Waals surface area contributed by atoms with Crippen molar-refractivity contribution in [2.75, 3.05) is 5.32 Å². The molecule has 5 heteroatoms. The maximum atomic E-state index is 12.6. The summed E-state index contributed by atoms with van der Waals surface area (Å²) in [5, 5.41) is 11.9. The molecule has 1 amide bonds. The van der Waals surface area contributed by atoms with Crippen LogP contribution in [0.15, 0.2) is 36.5 Å². The molecule has 0 radical (unpaired) electrons. The molecule has 92 valence electrons. The van der Waals surface area contributed by atoms with E-state index in [1.54, 1.807) is 19.1 Å². The Morgan fingerprint density at radius 3 is 2.72 bits per heavy atom. The average Bonchev–Trinajstić information content (AvgIpc) is 2.33. The van der Waals surface area contributed by atoms with Crippen LogP contribution < -0.4 is 5.32 Å². The number of phenolic OH excluding ortho intramolecular Hbond substituents is 1. The second-order valence-electron chi connectivity index (χ2n) is 3.82. The van der Waals surface area contributed by atoms with Crippen molar-refractivity contribution in [1.82, 2.24) is 4.98 Å². The number of phenols is 1. The summed E-state index contributed by atoms with van der Waals surface area (Å²) in [6.45, 7) is 1.76. The van der Waals surface area contributed by atoms with Crippen LogP contribution in [-0.4, -0.2) is 16.0 Å². The quantitative estimate of drug-likeness (QED) is 0.632. The number of carbonyl (C=O) groups excluding carboxylic acids is 1. The number of halogens is 1. The molecule has 0 spiro atoms. The third-order valence-corrected chi connectivity index (χ3v) is 2.45. The molecule has 0 unspecified atom stereocenters. The third kappa shape index (κ3) is 2.63. The summed E-state index contributed by atoms with van der Waals surface area (Å²) in [7, 11) is 0. The summed E-state index contributed by atoms with van der Waals surface area (Å²) >= 11 is 0. The molecule has 0 bridgehead atoms. The van der Waals surface area contributed by atoms with Crippen molar-refractivity contribution in [3.8, 4) is 5.75 Å². The Balaban J connectivity index is 2.18. The Morgan fingerprint density at radius 1 is 1.33 bits per heavy atom. The van der Waals surface area contributed by atoms with E-state index < -0.39 is 5.95 Å². The molecule has 0 fully saturated rings. The molecule has 0 aliphatic rings. The molecule has 0 saturated carbocycles. The number of carbonyl (C=O) groups is 1. The molecule has 4 nitrogen and oxygen atoms in total. The number of aromatic nitrogens is 1. The molecule has 1 aromatic heterocycles. The highest BCUT2D eigenvalue weighted by molar-refractivity contribution is 6.04. The van der Waals surface area contributed by atoms with E-state index in [0.29, 0.717) is 5.69 Å². The van der Waals surface area contributed by atoms with Crippen LogP contribution >= 0.6 is 0 Å². The van der Waals surface area contributed by atoms with Gasteiger partial charge >= 0.3 is 0 Å². The summed E-state index contributed by atoms with van der Waals surface area (Å²) in [4.78, 5) is 15.2. The standard InChI is InChI=1S/C13H11FN2O2/c1-8-6-10(17)3-4-11(8)16-13(18)9-2-5-12(14)15-7-9/h2-7,17H,1H3,(H,16,18). The van der Waals surface area contributed by atoms with Gasteiger partial charge in [-0.1, -0.05) is 0 Å². The van der Waals surface area contributed by atoms with Crippen molar-refractivity contribution in [1.29, 1.82) is 0 Å². The highest BCUT2D eigenvalue weighted by atomic mass is 19.1. The van der Waals surface area contributed by atoms with E-state index in [1.807, 2.05) is 0 Å². The number of nitrogens with zero attached hydrogens (tertiary/aromatic N) is 1. The first-order valence-corrected chi connectivity index (χ1v) is 5.29. The number of hydrogen-bond acceptors (Lipinski definition) is 3. The summed E-state index contributed by atoms with van der Waals surface area (Å²) < 4.78 is 12.6. The Kier molecular flexibility index (Phi) is 3.23. The van der Waals surface area contributed by atoms with E-state index in [9.17, 15) is 14.3 Å². The molecule has 0 saturated heterocycles. The van der Waals surface area contributed by atoms with E-state index >= 15 is 0 Å². The van der Waals surface area contributed by atoms with Crippen LogP contribution in [-0.2, 0) is 0 Å². The highest BCUT2D eigenvalue weighted by Crippen LogP contribution is 2.20. The van der Waals surface area contributed by atoms with Gasteiger partial charge in [-0.05, 0) is 42.8 Å². The minimum atomic E-state index is -0.632. The number of rotatable bonds is 2. The topological polar surface area (TPSA) is 62.2 Å². The minimum absolute atomic E-state index is 0.133. The normalized spacial score (nSPS) is 10.1. The molecule has 18 heavy (non-hydrogen) atoms. The van der Waals surface area contributed by atoms with Crippen molar-refractivity contribution in [2.45, 2.75) is 6.92 Å². The van der Waals surface area contributed by atoms with Crippen molar-refractivity contribution < 1.29 is 14.3 Å². The highest BCUT2D eigenvalue weighted by Gasteiger charge is 2.08. The molecular weight excluding hydrogens is 235 g/mol. The molecule has 2 N–H and O–H groups in total. The number of benzene rings is 1. The van der Waals surface area contributed by atoms with E-state index in [1.165, 1.54) is 18.3 Å². The minimum Gasteiger partial charge on any atom is -0.508 e. The first-order valence-electron chi connectivity index (χ1n) is 5.29. The second-order valence-corrected chi connectivity index (χ2v) is 3.82. The fraction of sp³-hybridized carbons (Fsp3) is 0.0769. The Morgan fingerprint density at radius 2 is 2.11 bits per heavy atom. The van der Waals surface area contributed by atoms with Crippen molar-refractivity contribution in [2.24, 2.45) is 0 Å². The number of aromatic hydroxyl groups is 1. The van der Waals surface area contributed by atoms with Gasteiger partial charge in [-0.15, -0.1) is 0 Å². The summed E-state index contributed by atoms with van der Waals surface area (Å²) in [6, 6.07) is 7.09. The van der Waals surface area contributed by atoms with Gasteiger partial charge in [-0.25, -0.2) is 4.98 Å². The first kappa shape index (κ1) is 12.0. The smallest absolute Gasteiger partial charge is 0.257 e. The largest absolute Gasteiger partial charge is 0.508 e. The van der Waals surface area contributed by atoms with Crippen molar-refractivity contribution in [3.05, 3.63) is 53.6 Å². The zero-order valence-corrected chi connectivity index (χ0v) is 9.64. The van der Waals surface area contributed by atoms with Gasteiger partial charge in [0.15, 0.2) is 0 Å². The van der Waals surface area contributed by atoms with Crippen molar-refractivity contribution in [3.63, 3.8) is 0 Å². The van der Waals surface area contributed by atoms with Gasteiger partial charge in [-0.3, -0.25) is 4.79 Å². The fourth-order valence-electron chi connectivity index (χ4n) is 1.49. The second kappa shape index (κ2) is 4.83. The lowest BCUT2D eigenvalue weighted by Gasteiger charge is -2.08. The number of anilines is 1.